The molecule has 116 valence electrons. The van der Waals surface area contributed by atoms with Crippen molar-refractivity contribution in [2.24, 2.45) is 0 Å². The second-order valence-corrected chi connectivity index (χ2v) is 5.94. The molecule has 3 aromatic rings. The summed E-state index contributed by atoms with van der Waals surface area (Å²) in [5.74, 6) is 0. The molecule has 0 saturated heterocycles. The van der Waals surface area contributed by atoms with Crippen molar-refractivity contribution in [3.05, 3.63) is 72.2 Å². The number of benzene rings is 1. The molecule has 0 radical (unpaired) electrons. The fourth-order valence-corrected chi connectivity index (χ4v) is 3.21. The normalized spacial score (nSPS) is 17.0. The number of pyridine rings is 1. The molecule has 1 aliphatic heterocycles. The quantitative estimate of drug-likeness (QED) is 0.805. The van der Waals surface area contributed by atoms with E-state index < -0.39 is 0 Å². The molecular formula is C19H20N4. The maximum absolute atomic E-state index is 4.78. The minimum atomic E-state index is 0.368. The van der Waals surface area contributed by atoms with Crippen molar-refractivity contribution in [1.29, 1.82) is 0 Å². The minimum absolute atomic E-state index is 0.368. The van der Waals surface area contributed by atoms with Crippen molar-refractivity contribution < 1.29 is 0 Å². The summed E-state index contributed by atoms with van der Waals surface area (Å²) in [4.78, 5) is 4.08. The third kappa shape index (κ3) is 3.03. The fraction of sp³-hybridized carbons (Fsp3) is 0.263. The lowest BCUT2D eigenvalue weighted by atomic mass is 10.0. The van der Waals surface area contributed by atoms with Gasteiger partial charge in [-0.3, -0.25) is 9.67 Å². The summed E-state index contributed by atoms with van der Waals surface area (Å²) < 4.78 is 2.15. The summed E-state index contributed by atoms with van der Waals surface area (Å²) in [6.07, 6.45) is 5.80. The number of nitrogens with zero attached hydrogens (tertiary/aromatic N) is 3. The zero-order chi connectivity index (χ0) is 15.5. The van der Waals surface area contributed by atoms with Crippen LogP contribution in [0.15, 0.2) is 60.9 Å². The van der Waals surface area contributed by atoms with Crippen LogP contribution in [0, 0.1) is 0 Å². The number of rotatable bonds is 4. The van der Waals surface area contributed by atoms with Gasteiger partial charge in [-0.1, -0.05) is 30.3 Å². The predicted octanol–water partition coefficient (Wildman–Crippen LogP) is 3.22. The van der Waals surface area contributed by atoms with Gasteiger partial charge in [-0.2, -0.15) is 5.10 Å². The molecular weight excluding hydrogens is 284 g/mol. The summed E-state index contributed by atoms with van der Waals surface area (Å²) in [5, 5.41) is 8.41. The number of nitrogens with one attached hydrogen (secondary N) is 1. The maximum Gasteiger partial charge on any atom is 0.0927 e. The molecule has 4 nitrogen and oxygen atoms in total. The van der Waals surface area contributed by atoms with E-state index >= 15 is 0 Å². The Hall–Kier alpha value is -2.46. The number of aryl methyl sites for hydroxylation is 1. The minimum Gasteiger partial charge on any atom is -0.307 e. The second kappa shape index (κ2) is 6.34. The van der Waals surface area contributed by atoms with Gasteiger partial charge in [-0.05, 0) is 36.6 Å². The molecule has 1 aromatic carbocycles. The molecule has 0 aliphatic carbocycles. The summed E-state index contributed by atoms with van der Waals surface area (Å²) in [6, 6.07) is 17.3. The largest absolute Gasteiger partial charge is 0.307 e. The van der Waals surface area contributed by atoms with Gasteiger partial charge in [0.2, 0.25) is 0 Å². The Morgan fingerprint density at radius 1 is 1.09 bits per heavy atom. The molecule has 4 heteroatoms. The standard InChI is InChI=1S/C19H20N4/c1-2-4-15(5-3-1)6-7-17-19-14-18(16-8-10-20-11-9-16)22-23(19)13-12-21-17/h1-5,8-11,14,17,21H,6-7,12-13H2/t17-/m0/s1. The van der Waals surface area contributed by atoms with E-state index in [1.54, 1.807) is 0 Å². The third-order valence-corrected chi connectivity index (χ3v) is 4.42. The Labute approximate surface area is 136 Å². The van der Waals surface area contributed by atoms with Crippen molar-refractivity contribution >= 4 is 0 Å². The maximum atomic E-state index is 4.78. The van der Waals surface area contributed by atoms with Gasteiger partial charge in [0.15, 0.2) is 0 Å². The highest BCUT2D eigenvalue weighted by Gasteiger charge is 2.22. The molecule has 0 unspecified atom stereocenters. The molecule has 0 saturated carbocycles. The lowest BCUT2D eigenvalue weighted by molar-refractivity contribution is 0.385. The second-order valence-electron chi connectivity index (χ2n) is 5.94. The van der Waals surface area contributed by atoms with E-state index in [9.17, 15) is 0 Å². The lowest BCUT2D eigenvalue weighted by Gasteiger charge is -2.25. The molecule has 2 aromatic heterocycles. The monoisotopic (exact) mass is 304 g/mol. The van der Waals surface area contributed by atoms with Crippen LogP contribution >= 0.6 is 0 Å². The molecule has 1 N–H and O–H groups in total. The Balaban J connectivity index is 1.55. The summed E-state index contributed by atoms with van der Waals surface area (Å²) in [6.45, 7) is 1.91. The Bertz CT molecular complexity index is 765. The highest BCUT2D eigenvalue weighted by molar-refractivity contribution is 5.58. The van der Waals surface area contributed by atoms with Crippen molar-refractivity contribution in [1.82, 2.24) is 20.1 Å². The first-order valence-electron chi connectivity index (χ1n) is 8.15. The van der Waals surface area contributed by atoms with E-state index in [1.165, 1.54) is 11.3 Å². The highest BCUT2D eigenvalue weighted by atomic mass is 15.3. The smallest absolute Gasteiger partial charge is 0.0927 e. The van der Waals surface area contributed by atoms with Crippen LogP contribution in [-0.2, 0) is 13.0 Å². The molecule has 0 spiro atoms. The first-order chi connectivity index (χ1) is 11.4. The van der Waals surface area contributed by atoms with Crippen molar-refractivity contribution in [2.75, 3.05) is 6.54 Å². The van der Waals surface area contributed by atoms with Gasteiger partial charge < -0.3 is 5.32 Å². The molecule has 0 amide bonds. The molecule has 0 fully saturated rings. The van der Waals surface area contributed by atoms with Gasteiger partial charge in [-0.15, -0.1) is 0 Å². The molecule has 4 rings (SSSR count). The number of hydrogen-bond donors (Lipinski definition) is 1. The van der Waals surface area contributed by atoms with Gasteiger partial charge in [0.1, 0.15) is 0 Å². The van der Waals surface area contributed by atoms with Crippen LogP contribution in [0.2, 0.25) is 0 Å². The number of fused-ring (bicyclic) bond motifs is 1. The van der Waals surface area contributed by atoms with Crippen LogP contribution in [-0.4, -0.2) is 21.3 Å². The first kappa shape index (κ1) is 14.2. The first-order valence-corrected chi connectivity index (χ1v) is 8.15. The fourth-order valence-electron chi connectivity index (χ4n) is 3.21. The van der Waals surface area contributed by atoms with Gasteiger partial charge >= 0.3 is 0 Å². The van der Waals surface area contributed by atoms with Gasteiger partial charge in [0, 0.05) is 30.5 Å². The van der Waals surface area contributed by atoms with E-state index in [4.69, 9.17) is 5.10 Å². The molecule has 1 atom stereocenters. The summed E-state index contributed by atoms with van der Waals surface area (Å²) >= 11 is 0. The Morgan fingerprint density at radius 3 is 2.74 bits per heavy atom. The van der Waals surface area contributed by atoms with Crippen LogP contribution in [0.25, 0.3) is 11.3 Å². The lowest BCUT2D eigenvalue weighted by Crippen LogP contribution is -2.33. The summed E-state index contributed by atoms with van der Waals surface area (Å²) in [5.41, 5.74) is 4.85. The molecule has 1 aliphatic rings. The van der Waals surface area contributed by atoms with Crippen LogP contribution in [0.5, 0.6) is 0 Å². The topological polar surface area (TPSA) is 42.7 Å². The van der Waals surface area contributed by atoms with E-state index in [1.807, 2.05) is 24.5 Å². The zero-order valence-electron chi connectivity index (χ0n) is 13.0. The van der Waals surface area contributed by atoms with Gasteiger partial charge in [0.25, 0.3) is 0 Å². The summed E-state index contributed by atoms with van der Waals surface area (Å²) in [7, 11) is 0. The Morgan fingerprint density at radius 2 is 1.91 bits per heavy atom. The zero-order valence-corrected chi connectivity index (χ0v) is 13.0. The molecule has 3 heterocycles. The average molecular weight is 304 g/mol. The van der Waals surface area contributed by atoms with Crippen molar-refractivity contribution in [2.45, 2.75) is 25.4 Å². The highest BCUT2D eigenvalue weighted by Crippen LogP contribution is 2.27. The van der Waals surface area contributed by atoms with Crippen LogP contribution in [0.4, 0.5) is 0 Å². The van der Waals surface area contributed by atoms with E-state index in [0.29, 0.717) is 6.04 Å². The predicted molar refractivity (Wildman–Crippen MR) is 91.0 cm³/mol. The van der Waals surface area contributed by atoms with Gasteiger partial charge in [0.05, 0.1) is 17.9 Å². The van der Waals surface area contributed by atoms with E-state index in [0.717, 1.165) is 37.2 Å². The van der Waals surface area contributed by atoms with E-state index in [2.05, 4.69) is 51.4 Å². The van der Waals surface area contributed by atoms with Crippen molar-refractivity contribution in [3.63, 3.8) is 0 Å². The van der Waals surface area contributed by atoms with Crippen LogP contribution < -0.4 is 5.32 Å². The van der Waals surface area contributed by atoms with Crippen molar-refractivity contribution in [3.8, 4) is 11.3 Å². The number of aromatic nitrogens is 3. The molecule has 23 heavy (non-hydrogen) atoms. The average Bonchev–Trinajstić information content (AvgIpc) is 3.06. The Kier molecular flexibility index (Phi) is 3.90. The van der Waals surface area contributed by atoms with Gasteiger partial charge in [-0.25, -0.2) is 0 Å². The third-order valence-electron chi connectivity index (χ3n) is 4.42. The van der Waals surface area contributed by atoms with E-state index in [-0.39, 0.29) is 0 Å². The SMILES string of the molecule is c1ccc(CC[C@@H]2NCCn3nc(-c4ccncc4)cc32)cc1. The van der Waals surface area contributed by atoms with Crippen LogP contribution in [0.3, 0.4) is 0 Å². The van der Waals surface area contributed by atoms with Crippen LogP contribution in [0.1, 0.15) is 23.7 Å². The molecule has 0 bridgehead atoms. The number of hydrogen-bond acceptors (Lipinski definition) is 3.